The van der Waals surface area contributed by atoms with Gasteiger partial charge < -0.3 is 20.3 Å². The van der Waals surface area contributed by atoms with Crippen LogP contribution in [-0.4, -0.2) is 67.5 Å². The summed E-state index contributed by atoms with van der Waals surface area (Å²) in [6.45, 7) is 7.77. The number of nitrogens with zero attached hydrogens (tertiary/aromatic N) is 6. The first-order valence-electron chi connectivity index (χ1n) is 13.2. The Morgan fingerprint density at radius 1 is 1.08 bits per heavy atom. The first-order valence-corrected chi connectivity index (χ1v) is 13.2. The minimum atomic E-state index is -0.273. The third kappa shape index (κ3) is 5.42. The van der Waals surface area contributed by atoms with Crippen LogP contribution in [-0.2, 0) is 4.79 Å². The molecule has 4 aromatic rings. The molecule has 1 aliphatic heterocycles. The van der Waals surface area contributed by atoms with Gasteiger partial charge in [0.2, 0.25) is 5.91 Å². The average Bonchev–Trinajstić information content (AvgIpc) is 3.55. The minimum absolute atomic E-state index is 0.0513. The normalized spacial score (nSPS) is 15.6. The molecule has 3 heterocycles. The quantitative estimate of drug-likeness (QED) is 0.331. The van der Waals surface area contributed by atoms with Crippen molar-refractivity contribution in [1.82, 2.24) is 28.9 Å². The summed E-state index contributed by atoms with van der Waals surface area (Å²) in [6, 6.07) is 16.5. The Labute approximate surface area is 226 Å². The fourth-order valence-corrected chi connectivity index (χ4v) is 4.97. The van der Waals surface area contributed by atoms with Gasteiger partial charge in [0.25, 0.3) is 0 Å². The number of fused-ring (bicyclic) bond motifs is 1. The summed E-state index contributed by atoms with van der Waals surface area (Å²) in [6.07, 6.45) is 5.54. The van der Waals surface area contributed by atoms with Crippen LogP contribution in [0.4, 0.5) is 5.82 Å². The van der Waals surface area contributed by atoms with Crippen molar-refractivity contribution < 1.29 is 9.53 Å². The van der Waals surface area contributed by atoms with Crippen LogP contribution < -0.4 is 16.2 Å². The molecule has 2 aromatic heterocycles. The molecule has 1 aliphatic rings. The van der Waals surface area contributed by atoms with Crippen molar-refractivity contribution in [3.8, 4) is 17.2 Å². The fourth-order valence-electron chi connectivity index (χ4n) is 4.97. The van der Waals surface area contributed by atoms with Crippen LogP contribution in [0.1, 0.15) is 26.3 Å². The Kier molecular flexibility index (Phi) is 7.74. The van der Waals surface area contributed by atoms with Crippen LogP contribution in [0.25, 0.3) is 16.9 Å². The van der Waals surface area contributed by atoms with E-state index >= 15 is 0 Å². The standard InChI is InChI=1S/C29H33N7O3/c1-3-33(4-2)17-8-11-25(37)34-18-16-22(19-34)36-28-26(27(30)31-20-32-28)35(29(36)38)21-12-14-24(15-13-21)39-23-9-6-5-7-10-23/h5-15,20,22H,3-4,16-19H2,1-2H3,(H2,30,31,32)/b11-8+. The van der Waals surface area contributed by atoms with Crippen LogP contribution in [0.5, 0.6) is 11.5 Å². The monoisotopic (exact) mass is 527 g/mol. The molecule has 2 aromatic carbocycles. The third-order valence-electron chi connectivity index (χ3n) is 7.11. The molecule has 2 N–H and O–H groups in total. The highest BCUT2D eigenvalue weighted by atomic mass is 16.5. The van der Waals surface area contributed by atoms with Gasteiger partial charge in [0.15, 0.2) is 11.5 Å². The lowest BCUT2D eigenvalue weighted by Gasteiger charge is -2.16. The Morgan fingerprint density at radius 2 is 1.79 bits per heavy atom. The lowest BCUT2D eigenvalue weighted by atomic mass is 10.2. The van der Waals surface area contributed by atoms with E-state index < -0.39 is 0 Å². The molecule has 1 amide bonds. The second-order valence-electron chi connectivity index (χ2n) is 9.44. The van der Waals surface area contributed by atoms with E-state index in [1.165, 1.54) is 10.9 Å². The van der Waals surface area contributed by atoms with E-state index in [0.29, 0.717) is 42.1 Å². The van der Waals surface area contributed by atoms with Crippen molar-refractivity contribution in [2.24, 2.45) is 0 Å². The van der Waals surface area contributed by atoms with Gasteiger partial charge in [-0.15, -0.1) is 0 Å². The zero-order valence-electron chi connectivity index (χ0n) is 22.2. The van der Waals surface area contributed by atoms with Gasteiger partial charge in [-0.1, -0.05) is 38.1 Å². The summed E-state index contributed by atoms with van der Waals surface area (Å²) in [5.41, 5.74) is 7.51. The van der Waals surface area contributed by atoms with Crippen LogP contribution in [0.3, 0.4) is 0 Å². The number of ether oxygens (including phenoxy) is 1. The summed E-state index contributed by atoms with van der Waals surface area (Å²) in [5, 5.41) is 0. The third-order valence-corrected chi connectivity index (χ3v) is 7.11. The number of amides is 1. The molecule has 0 bridgehead atoms. The number of imidazole rings is 1. The van der Waals surface area contributed by atoms with E-state index in [2.05, 4.69) is 28.7 Å². The second-order valence-corrected chi connectivity index (χ2v) is 9.44. The van der Waals surface area contributed by atoms with Gasteiger partial charge in [-0.05, 0) is 55.9 Å². The summed E-state index contributed by atoms with van der Waals surface area (Å²) < 4.78 is 9.08. The maximum atomic E-state index is 13.8. The number of nitrogens with two attached hydrogens (primary N) is 1. The lowest BCUT2D eigenvalue weighted by Crippen LogP contribution is -2.31. The molecule has 1 unspecified atom stereocenters. The molecule has 39 heavy (non-hydrogen) atoms. The van der Waals surface area contributed by atoms with Crippen LogP contribution in [0, 0.1) is 0 Å². The average molecular weight is 528 g/mol. The first kappa shape index (κ1) is 26.2. The molecule has 0 saturated carbocycles. The molecule has 10 heteroatoms. The number of rotatable bonds is 9. The van der Waals surface area contributed by atoms with Crippen LogP contribution in [0.15, 0.2) is 77.9 Å². The van der Waals surface area contributed by atoms with Crippen LogP contribution >= 0.6 is 0 Å². The molecular formula is C29H33N7O3. The van der Waals surface area contributed by atoms with Gasteiger partial charge in [0.05, 0.1) is 11.7 Å². The lowest BCUT2D eigenvalue weighted by molar-refractivity contribution is -0.125. The highest BCUT2D eigenvalue weighted by Gasteiger charge is 2.31. The second kappa shape index (κ2) is 11.5. The number of para-hydroxylation sites is 1. The van der Waals surface area contributed by atoms with Gasteiger partial charge in [0, 0.05) is 25.7 Å². The molecule has 1 saturated heterocycles. The number of anilines is 1. The summed E-state index contributed by atoms with van der Waals surface area (Å²) >= 11 is 0. The number of hydrogen-bond acceptors (Lipinski definition) is 7. The molecule has 0 spiro atoms. The topological polar surface area (TPSA) is 112 Å². The van der Waals surface area contributed by atoms with Gasteiger partial charge in [-0.2, -0.15) is 0 Å². The molecule has 5 rings (SSSR count). The van der Waals surface area contributed by atoms with E-state index in [4.69, 9.17) is 10.5 Å². The number of nitrogen functional groups attached to an aromatic ring is 1. The Hall–Kier alpha value is -4.44. The molecular weight excluding hydrogens is 494 g/mol. The summed E-state index contributed by atoms with van der Waals surface area (Å²) in [4.78, 5) is 39.3. The van der Waals surface area contributed by atoms with Crippen molar-refractivity contribution >= 4 is 22.9 Å². The van der Waals surface area contributed by atoms with Gasteiger partial charge in [-0.3, -0.25) is 13.9 Å². The maximum Gasteiger partial charge on any atom is 0.335 e. The number of carbonyl (C=O) groups is 1. The van der Waals surface area contributed by atoms with E-state index in [9.17, 15) is 9.59 Å². The van der Waals surface area contributed by atoms with Crippen molar-refractivity contribution in [2.75, 3.05) is 38.5 Å². The highest BCUT2D eigenvalue weighted by Crippen LogP contribution is 2.28. The molecule has 0 aliphatic carbocycles. The Balaban J connectivity index is 1.41. The molecule has 1 atom stereocenters. The van der Waals surface area contributed by atoms with Crippen LogP contribution in [0.2, 0.25) is 0 Å². The van der Waals surface area contributed by atoms with E-state index in [1.807, 2.05) is 36.4 Å². The molecule has 10 nitrogen and oxygen atoms in total. The predicted octanol–water partition coefficient (Wildman–Crippen LogP) is 3.63. The largest absolute Gasteiger partial charge is 0.457 e. The summed E-state index contributed by atoms with van der Waals surface area (Å²) in [7, 11) is 0. The molecule has 0 radical (unpaired) electrons. The Morgan fingerprint density at radius 3 is 2.51 bits per heavy atom. The van der Waals surface area contributed by atoms with Gasteiger partial charge >= 0.3 is 5.69 Å². The number of benzene rings is 2. The van der Waals surface area contributed by atoms with E-state index in [0.717, 1.165) is 25.4 Å². The zero-order chi connectivity index (χ0) is 27.4. The molecule has 1 fully saturated rings. The van der Waals surface area contributed by atoms with Crippen molar-refractivity contribution in [2.45, 2.75) is 26.3 Å². The van der Waals surface area contributed by atoms with E-state index in [1.54, 1.807) is 39.8 Å². The SMILES string of the molecule is CCN(CC)C/C=C/C(=O)N1CCC(n2c(=O)n(-c3ccc(Oc4ccccc4)cc3)c3c(N)ncnc32)C1. The number of likely N-dealkylation sites (N-methyl/N-ethyl adjacent to an activating group) is 1. The number of aromatic nitrogens is 4. The molecule has 202 valence electrons. The zero-order valence-corrected chi connectivity index (χ0v) is 22.2. The van der Waals surface area contributed by atoms with E-state index in [-0.39, 0.29) is 23.5 Å². The maximum absolute atomic E-state index is 13.8. The fraction of sp³-hybridized carbons (Fsp3) is 0.310. The van der Waals surface area contributed by atoms with Crippen molar-refractivity contribution in [3.63, 3.8) is 0 Å². The number of carbonyl (C=O) groups excluding carboxylic acids is 1. The smallest absolute Gasteiger partial charge is 0.335 e. The van der Waals surface area contributed by atoms with Crippen molar-refractivity contribution in [1.29, 1.82) is 0 Å². The first-order chi connectivity index (χ1) is 19.0. The summed E-state index contributed by atoms with van der Waals surface area (Å²) in [5.74, 6) is 1.53. The highest BCUT2D eigenvalue weighted by molar-refractivity contribution is 5.88. The Bertz CT molecular complexity index is 1520. The minimum Gasteiger partial charge on any atom is -0.457 e. The predicted molar refractivity (Wildman–Crippen MR) is 151 cm³/mol. The number of likely N-dealkylation sites (tertiary alicyclic amines) is 1. The van der Waals surface area contributed by atoms with Gasteiger partial charge in [-0.25, -0.2) is 14.8 Å². The number of hydrogen-bond donors (Lipinski definition) is 1. The van der Waals surface area contributed by atoms with Crippen molar-refractivity contribution in [3.05, 3.63) is 83.6 Å². The van der Waals surface area contributed by atoms with Gasteiger partial charge in [0.1, 0.15) is 23.3 Å².